The molecule has 1 fully saturated rings. The van der Waals surface area contributed by atoms with Crippen molar-refractivity contribution in [2.75, 3.05) is 0 Å². The predicted octanol–water partition coefficient (Wildman–Crippen LogP) is 2.79. The van der Waals surface area contributed by atoms with Gasteiger partial charge >= 0.3 is 0 Å². The fourth-order valence-electron chi connectivity index (χ4n) is 4.58. The molecule has 1 saturated heterocycles. The van der Waals surface area contributed by atoms with Crippen LogP contribution in [0.3, 0.4) is 0 Å². The summed E-state index contributed by atoms with van der Waals surface area (Å²) in [4.78, 5) is 0.175. The van der Waals surface area contributed by atoms with Crippen LogP contribution in [0, 0.1) is 0 Å². The minimum Gasteiger partial charge on any atom is -0.494 e. The largest absolute Gasteiger partial charge is 0.494 e. The molecular formula is C18H17NO5S. The second kappa shape index (κ2) is 4.11. The summed E-state index contributed by atoms with van der Waals surface area (Å²) in [7, 11) is -3.61. The van der Waals surface area contributed by atoms with E-state index >= 15 is 0 Å². The van der Waals surface area contributed by atoms with Crippen molar-refractivity contribution in [1.29, 1.82) is 0 Å². The summed E-state index contributed by atoms with van der Waals surface area (Å²) in [5.74, 6) is -0.312. The van der Waals surface area contributed by atoms with Gasteiger partial charge in [-0.3, -0.25) is 0 Å². The van der Waals surface area contributed by atoms with Crippen molar-refractivity contribution < 1.29 is 23.4 Å². The first kappa shape index (κ1) is 15.0. The first-order valence-corrected chi connectivity index (χ1v) is 9.67. The van der Waals surface area contributed by atoms with E-state index in [4.69, 9.17) is 4.74 Å². The molecule has 3 aliphatic heterocycles. The van der Waals surface area contributed by atoms with E-state index in [0.29, 0.717) is 16.7 Å². The van der Waals surface area contributed by atoms with Gasteiger partial charge in [0.15, 0.2) is 0 Å². The molecule has 0 radical (unpaired) electrons. The molecule has 0 amide bonds. The van der Waals surface area contributed by atoms with Gasteiger partial charge in [-0.1, -0.05) is 18.2 Å². The fourth-order valence-corrected chi connectivity index (χ4v) is 5.98. The Morgan fingerprint density at radius 1 is 1.04 bits per heavy atom. The van der Waals surface area contributed by atoms with Crippen molar-refractivity contribution in [1.82, 2.24) is 4.57 Å². The number of nitrogens with zero attached hydrogens (tertiary/aromatic N) is 1. The molecule has 2 bridgehead atoms. The highest BCUT2D eigenvalue weighted by Gasteiger charge is 2.59. The van der Waals surface area contributed by atoms with Gasteiger partial charge in [0.1, 0.15) is 0 Å². The van der Waals surface area contributed by atoms with Crippen LogP contribution >= 0.6 is 0 Å². The van der Waals surface area contributed by atoms with Gasteiger partial charge in [0.2, 0.25) is 21.6 Å². The van der Waals surface area contributed by atoms with Crippen molar-refractivity contribution in [2.45, 2.75) is 42.8 Å². The number of rotatable bonds is 1. The van der Waals surface area contributed by atoms with Crippen LogP contribution in [0.15, 0.2) is 34.6 Å². The average molecular weight is 359 g/mol. The number of ether oxygens (including phenoxy) is 1. The van der Waals surface area contributed by atoms with E-state index in [1.807, 2.05) is 13.8 Å². The van der Waals surface area contributed by atoms with E-state index in [2.05, 4.69) is 0 Å². The lowest BCUT2D eigenvalue weighted by Crippen LogP contribution is -2.17. The maximum atomic E-state index is 12.4. The second-order valence-electron chi connectivity index (χ2n) is 7.34. The van der Waals surface area contributed by atoms with Crippen LogP contribution in [0.5, 0.6) is 11.8 Å². The number of aromatic nitrogens is 1. The van der Waals surface area contributed by atoms with Crippen molar-refractivity contribution >= 4 is 15.5 Å². The molecule has 5 rings (SSSR count). The lowest BCUT2D eigenvalue weighted by Gasteiger charge is -2.21. The summed E-state index contributed by atoms with van der Waals surface area (Å²) in [6.45, 7) is 3.78. The third-order valence-corrected chi connectivity index (χ3v) is 7.19. The topological polar surface area (TPSA) is 88.8 Å². The van der Waals surface area contributed by atoms with Crippen LogP contribution in [-0.2, 0) is 25.8 Å². The fraction of sp³-hybridized carbons (Fsp3) is 0.333. The van der Waals surface area contributed by atoms with E-state index in [0.717, 1.165) is 18.2 Å². The Morgan fingerprint density at radius 2 is 1.60 bits per heavy atom. The normalized spacial score (nSPS) is 31.0. The first-order valence-electron chi connectivity index (χ1n) is 8.12. The van der Waals surface area contributed by atoms with Crippen LogP contribution in [-0.4, -0.2) is 23.2 Å². The van der Waals surface area contributed by atoms with Gasteiger partial charge in [-0.25, -0.2) is 13.0 Å². The van der Waals surface area contributed by atoms with E-state index < -0.39 is 21.0 Å². The minimum absolute atomic E-state index is 0.156. The van der Waals surface area contributed by atoms with Crippen LogP contribution in [0.2, 0.25) is 0 Å². The van der Waals surface area contributed by atoms with Crippen molar-refractivity contribution in [3.8, 4) is 11.8 Å². The number of sulfone groups is 1. The number of hydrogen-bond donors (Lipinski definition) is 2. The lowest BCUT2D eigenvalue weighted by molar-refractivity contribution is -0.0683. The van der Waals surface area contributed by atoms with Gasteiger partial charge in [0, 0.05) is 5.56 Å². The van der Waals surface area contributed by atoms with Crippen molar-refractivity contribution in [3.05, 3.63) is 46.4 Å². The molecule has 2 N–H and O–H groups in total. The lowest BCUT2D eigenvalue weighted by atomic mass is 9.80. The molecule has 0 saturated carbocycles. The van der Waals surface area contributed by atoms with E-state index in [1.54, 1.807) is 18.2 Å². The third kappa shape index (κ3) is 1.60. The Balaban J connectivity index is 1.83. The molecule has 6 nitrogen and oxygen atoms in total. The van der Waals surface area contributed by atoms with Crippen LogP contribution in [0.25, 0.3) is 5.70 Å². The van der Waals surface area contributed by atoms with Gasteiger partial charge in [-0.05, 0) is 32.8 Å². The molecule has 0 spiro atoms. The Hall–Kier alpha value is -2.25. The zero-order chi connectivity index (χ0) is 17.8. The quantitative estimate of drug-likeness (QED) is 0.817. The van der Waals surface area contributed by atoms with Gasteiger partial charge < -0.3 is 14.9 Å². The molecule has 7 heteroatoms. The summed E-state index contributed by atoms with van der Waals surface area (Å²) in [6.07, 6.45) is 1.48. The molecule has 130 valence electrons. The summed E-state index contributed by atoms with van der Waals surface area (Å²) in [5.41, 5.74) is 0.489. The SMILES string of the molecule is C[C@]12CC[C@](C)(O1)c1c2c(O)n(C2=CS(=O)(=O)c3ccccc32)c1O. The Labute approximate surface area is 144 Å². The summed E-state index contributed by atoms with van der Waals surface area (Å²) in [5, 5.41) is 22.8. The highest BCUT2D eigenvalue weighted by Crippen LogP contribution is 2.64. The van der Waals surface area contributed by atoms with E-state index in [-0.39, 0.29) is 22.4 Å². The van der Waals surface area contributed by atoms with Crippen LogP contribution < -0.4 is 0 Å². The first-order chi connectivity index (χ1) is 11.7. The molecule has 2 aromatic rings. The molecule has 25 heavy (non-hydrogen) atoms. The standard InChI is InChI=1S/C18H17NO5S/c1-17-7-8-18(2,24-17)14-13(17)15(20)19(16(14)21)11-9-25(22,23)12-6-4-3-5-10(11)12/h3-6,9,20-21H,7-8H2,1-2H3/t17-,18+. The van der Waals surface area contributed by atoms with Crippen LogP contribution in [0.4, 0.5) is 0 Å². The smallest absolute Gasteiger partial charge is 0.205 e. The Bertz CT molecular complexity index is 1060. The molecule has 1 aromatic carbocycles. The predicted molar refractivity (Wildman–Crippen MR) is 89.8 cm³/mol. The number of benzene rings is 1. The van der Waals surface area contributed by atoms with Gasteiger partial charge in [-0.2, -0.15) is 0 Å². The molecule has 0 unspecified atom stereocenters. The zero-order valence-corrected chi connectivity index (χ0v) is 14.6. The molecular weight excluding hydrogens is 342 g/mol. The molecule has 1 aromatic heterocycles. The second-order valence-corrected chi connectivity index (χ2v) is 9.11. The monoisotopic (exact) mass is 359 g/mol. The van der Waals surface area contributed by atoms with Crippen LogP contribution in [0.1, 0.15) is 43.4 Å². The van der Waals surface area contributed by atoms with Gasteiger partial charge in [0.05, 0.1) is 38.3 Å². The Morgan fingerprint density at radius 3 is 2.20 bits per heavy atom. The highest BCUT2D eigenvalue weighted by molar-refractivity contribution is 7.95. The molecule has 2 atom stereocenters. The third-order valence-electron chi connectivity index (χ3n) is 5.69. The summed E-state index contributed by atoms with van der Waals surface area (Å²) < 4.78 is 32.2. The van der Waals surface area contributed by atoms with Gasteiger partial charge in [-0.15, -0.1) is 0 Å². The van der Waals surface area contributed by atoms with Crippen molar-refractivity contribution in [3.63, 3.8) is 0 Å². The van der Waals surface area contributed by atoms with E-state index in [9.17, 15) is 18.6 Å². The average Bonchev–Trinajstić information content (AvgIpc) is 3.17. The zero-order valence-electron chi connectivity index (χ0n) is 13.8. The maximum absolute atomic E-state index is 12.4. The number of hydrogen-bond acceptors (Lipinski definition) is 5. The molecule has 0 aliphatic carbocycles. The maximum Gasteiger partial charge on any atom is 0.205 e. The Kier molecular flexibility index (Phi) is 2.47. The van der Waals surface area contributed by atoms with Crippen molar-refractivity contribution in [2.24, 2.45) is 0 Å². The number of fused-ring (bicyclic) bond motifs is 6. The highest BCUT2D eigenvalue weighted by atomic mass is 32.2. The number of aromatic hydroxyl groups is 2. The molecule has 4 heterocycles. The van der Waals surface area contributed by atoms with Gasteiger partial charge in [0.25, 0.3) is 0 Å². The van der Waals surface area contributed by atoms with E-state index in [1.165, 1.54) is 10.6 Å². The summed E-state index contributed by atoms with van der Waals surface area (Å²) >= 11 is 0. The summed E-state index contributed by atoms with van der Waals surface area (Å²) in [6, 6.07) is 6.58. The minimum atomic E-state index is -3.61. The molecule has 3 aliphatic rings.